The van der Waals surface area contributed by atoms with Crippen LogP contribution in [0.4, 0.5) is 10.1 Å². The summed E-state index contributed by atoms with van der Waals surface area (Å²) in [5.41, 5.74) is 1.50. The van der Waals surface area contributed by atoms with Crippen molar-refractivity contribution in [1.82, 2.24) is 4.90 Å². The van der Waals surface area contributed by atoms with Crippen LogP contribution in [0.5, 0.6) is 5.75 Å². The Morgan fingerprint density at radius 1 is 1.07 bits per heavy atom. The first-order chi connectivity index (χ1) is 14.5. The Hall–Kier alpha value is -2.84. The van der Waals surface area contributed by atoms with Gasteiger partial charge in [-0.25, -0.2) is 4.39 Å². The molecule has 0 radical (unpaired) electrons. The summed E-state index contributed by atoms with van der Waals surface area (Å²) < 4.78 is 18.3. The largest absolute Gasteiger partial charge is 0.497 e. The number of rotatable bonds is 5. The number of ether oxygens (including phenoxy) is 1. The number of anilines is 1. The number of halogens is 1. The van der Waals surface area contributed by atoms with Gasteiger partial charge in [-0.05, 0) is 54.1 Å². The van der Waals surface area contributed by atoms with Crippen molar-refractivity contribution < 1.29 is 18.7 Å². The van der Waals surface area contributed by atoms with E-state index in [1.165, 1.54) is 23.5 Å². The molecule has 1 unspecified atom stereocenters. The van der Waals surface area contributed by atoms with Crippen molar-refractivity contribution in [2.24, 2.45) is 0 Å². The molecule has 1 saturated heterocycles. The second kappa shape index (κ2) is 8.89. The number of carbonyl (C=O) groups excluding carboxylic acids is 2. The van der Waals surface area contributed by atoms with Crippen molar-refractivity contribution in [2.75, 3.05) is 24.1 Å². The van der Waals surface area contributed by atoms with Gasteiger partial charge in [0.15, 0.2) is 0 Å². The first-order valence-corrected chi connectivity index (χ1v) is 11.2. The van der Waals surface area contributed by atoms with Crippen molar-refractivity contribution in [3.05, 3.63) is 71.4 Å². The fraction of sp³-hybridized carbons (Fsp3) is 0.182. The second-order valence-electron chi connectivity index (χ2n) is 6.68. The lowest BCUT2D eigenvalue weighted by molar-refractivity contribution is -0.119. The zero-order chi connectivity index (χ0) is 21.1. The summed E-state index contributed by atoms with van der Waals surface area (Å²) in [4.78, 5) is 28.9. The number of carbonyl (C=O) groups is 2. The van der Waals surface area contributed by atoms with Crippen molar-refractivity contribution in [3.8, 4) is 16.2 Å². The summed E-state index contributed by atoms with van der Waals surface area (Å²) in [7, 11) is 1.58. The van der Waals surface area contributed by atoms with Gasteiger partial charge in [0.2, 0.25) is 5.91 Å². The van der Waals surface area contributed by atoms with Crippen LogP contribution >= 0.6 is 23.1 Å². The summed E-state index contributed by atoms with van der Waals surface area (Å²) in [6.07, 6.45) is 0. The summed E-state index contributed by atoms with van der Waals surface area (Å²) in [6, 6.07) is 16.3. The first-order valence-electron chi connectivity index (χ1n) is 9.24. The third kappa shape index (κ3) is 4.34. The van der Waals surface area contributed by atoms with E-state index in [1.807, 2.05) is 6.07 Å². The molecule has 0 aliphatic carbocycles. The molecule has 1 fully saturated rings. The highest BCUT2D eigenvalue weighted by atomic mass is 32.2. The van der Waals surface area contributed by atoms with Crippen LogP contribution in [0.3, 0.4) is 0 Å². The molecule has 1 N–H and O–H groups in total. The van der Waals surface area contributed by atoms with E-state index >= 15 is 0 Å². The second-order valence-corrected chi connectivity index (χ2v) is 8.76. The Balaban J connectivity index is 1.46. The maximum Gasteiger partial charge on any atom is 0.265 e. The van der Waals surface area contributed by atoms with Crippen LogP contribution in [0.1, 0.15) is 9.67 Å². The smallest absolute Gasteiger partial charge is 0.265 e. The van der Waals surface area contributed by atoms with Crippen LogP contribution in [0, 0.1) is 5.82 Å². The van der Waals surface area contributed by atoms with Crippen LogP contribution in [-0.2, 0) is 4.79 Å². The Morgan fingerprint density at radius 2 is 1.80 bits per heavy atom. The van der Waals surface area contributed by atoms with E-state index < -0.39 is 6.04 Å². The lowest BCUT2D eigenvalue weighted by Crippen LogP contribution is -2.44. The van der Waals surface area contributed by atoms with E-state index in [4.69, 9.17) is 4.74 Å². The summed E-state index contributed by atoms with van der Waals surface area (Å²) in [5, 5.41) is 2.87. The molecule has 2 heterocycles. The highest BCUT2D eigenvalue weighted by molar-refractivity contribution is 7.99. The summed E-state index contributed by atoms with van der Waals surface area (Å²) in [5.74, 6) is 1.03. The Bertz CT molecular complexity index is 1050. The quantitative estimate of drug-likeness (QED) is 0.621. The average Bonchev–Trinajstić information content (AvgIpc) is 3.44. The third-order valence-corrected chi connectivity index (χ3v) is 6.88. The van der Waals surface area contributed by atoms with Gasteiger partial charge in [-0.1, -0.05) is 12.1 Å². The van der Waals surface area contributed by atoms with Gasteiger partial charge < -0.3 is 15.0 Å². The fourth-order valence-corrected chi connectivity index (χ4v) is 5.25. The van der Waals surface area contributed by atoms with Crippen LogP contribution in [-0.4, -0.2) is 41.5 Å². The molecular weight excluding hydrogens is 423 g/mol. The molecule has 4 rings (SSSR count). The number of methoxy groups -OCH3 is 1. The SMILES string of the molecule is COc1ccc(NC(=O)C2CSCN2C(=O)c2ccc(-c3ccc(F)cc3)s2)cc1. The molecule has 30 heavy (non-hydrogen) atoms. The summed E-state index contributed by atoms with van der Waals surface area (Å²) >= 11 is 2.89. The van der Waals surface area contributed by atoms with E-state index in [0.29, 0.717) is 27.9 Å². The molecule has 1 aromatic heterocycles. The highest BCUT2D eigenvalue weighted by Crippen LogP contribution is 2.31. The molecule has 1 aliphatic heterocycles. The van der Waals surface area contributed by atoms with Gasteiger partial charge in [0.05, 0.1) is 17.9 Å². The number of nitrogens with zero attached hydrogens (tertiary/aromatic N) is 1. The standard InChI is InChI=1S/C22H19FN2O3S2/c1-28-17-8-6-16(7-9-17)24-21(26)18-12-29-13-25(18)22(27)20-11-10-19(30-20)14-2-4-15(23)5-3-14/h2-11,18H,12-13H2,1H3,(H,24,26). The fourth-order valence-electron chi connectivity index (χ4n) is 3.12. The van der Waals surface area contributed by atoms with Gasteiger partial charge in [0, 0.05) is 16.3 Å². The van der Waals surface area contributed by atoms with Crippen LogP contribution in [0.2, 0.25) is 0 Å². The zero-order valence-electron chi connectivity index (χ0n) is 16.1. The predicted molar refractivity (Wildman–Crippen MR) is 119 cm³/mol. The van der Waals surface area contributed by atoms with E-state index in [9.17, 15) is 14.0 Å². The Morgan fingerprint density at radius 3 is 2.50 bits per heavy atom. The Kier molecular flexibility index (Phi) is 6.06. The van der Waals surface area contributed by atoms with Crippen molar-refractivity contribution in [3.63, 3.8) is 0 Å². The number of thioether (sulfide) groups is 1. The highest BCUT2D eigenvalue weighted by Gasteiger charge is 2.35. The molecule has 2 amide bonds. The molecular formula is C22H19FN2O3S2. The first kappa shape index (κ1) is 20.4. The average molecular weight is 443 g/mol. The van der Waals surface area contributed by atoms with E-state index in [-0.39, 0.29) is 17.6 Å². The molecule has 2 aromatic carbocycles. The van der Waals surface area contributed by atoms with Crippen molar-refractivity contribution in [2.45, 2.75) is 6.04 Å². The summed E-state index contributed by atoms with van der Waals surface area (Å²) in [6.45, 7) is 0. The third-order valence-electron chi connectivity index (χ3n) is 4.75. The number of nitrogens with one attached hydrogen (secondary N) is 1. The normalized spacial score (nSPS) is 15.8. The molecule has 0 bridgehead atoms. The van der Waals surface area contributed by atoms with Crippen molar-refractivity contribution >= 4 is 40.6 Å². The van der Waals surface area contributed by atoms with Gasteiger partial charge in [-0.3, -0.25) is 9.59 Å². The number of amides is 2. The van der Waals surface area contributed by atoms with Gasteiger partial charge in [-0.2, -0.15) is 0 Å². The minimum atomic E-state index is -0.541. The number of hydrogen-bond acceptors (Lipinski definition) is 5. The maximum atomic E-state index is 13.1. The zero-order valence-corrected chi connectivity index (χ0v) is 17.8. The Labute approximate surface area is 181 Å². The van der Waals surface area contributed by atoms with Gasteiger partial charge >= 0.3 is 0 Å². The van der Waals surface area contributed by atoms with Gasteiger partial charge in [0.1, 0.15) is 17.6 Å². The molecule has 8 heteroatoms. The molecule has 0 spiro atoms. The number of hydrogen-bond donors (Lipinski definition) is 1. The predicted octanol–water partition coefficient (Wildman–Crippen LogP) is 4.72. The van der Waals surface area contributed by atoms with Crippen LogP contribution < -0.4 is 10.1 Å². The van der Waals surface area contributed by atoms with Gasteiger partial charge in [0.25, 0.3) is 5.91 Å². The molecule has 5 nitrogen and oxygen atoms in total. The monoisotopic (exact) mass is 442 g/mol. The van der Waals surface area contributed by atoms with E-state index in [1.54, 1.807) is 66.2 Å². The lowest BCUT2D eigenvalue weighted by atomic mass is 10.2. The van der Waals surface area contributed by atoms with Crippen LogP contribution in [0.25, 0.3) is 10.4 Å². The number of benzene rings is 2. The molecule has 3 aromatic rings. The van der Waals surface area contributed by atoms with E-state index in [0.717, 1.165) is 10.4 Å². The van der Waals surface area contributed by atoms with Crippen LogP contribution in [0.15, 0.2) is 60.7 Å². The molecule has 0 saturated carbocycles. The number of thiophene rings is 1. The lowest BCUT2D eigenvalue weighted by Gasteiger charge is -2.22. The molecule has 1 atom stereocenters. The minimum absolute atomic E-state index is 0.173. The minimum Gasteiger partial charge on any atom is -0.497 e. The molecule has 1 aliphatic rings. The van der Waals surface area contributed by atoms with Crippen molar-refractivity contribution in [1.29, 1.82) is 0 Å². The maximum absolute atomic E-state index is 13.1. The molecule has 154 valence electrons. The van der Waals surface area contributed by atoms with E-state index in [2.05, 4.69) is 5.32 Å². The van der Waals surface area contributed by atoms with Gasteiger partial charge in [-0.15, -0.1) is 23.1 Å². The topological polar surface area (TPSA) is 58.6 Å².